The van der Waals surface area contributed by atoms with Gasteiger partial charge < -0.3 is 10.5 Å². The maximum absolute atomic E-state index is 13.2. The molecule has 0 fully saturated rings. The Labute approximate surface area is 90.0 Å². The SMILES string of the molecule is NCCCOc1cc(F)c([N+](=O)[O-])cc1F. The van der Waals surface area contributed by atoms with E-state index in [2.05, 4.69) is 0 Å². The molecule has 0 heterocycles. The van der Waals surface area contributed by atoms with Gasteiger partial charge in [-0.1, -0.05) is 0 Å². The number of benzene rings is 1. The largest absolute Gasteiger partial charge is 0.490 e. The average molecular weight is 232 g/mol. The highest BCUT2D eigenvalue weighted by molar-refractivity contribution is 5.39. The highest BCUT2D eigenvalue weighted by Gasteiger charge is 2.19. The Morgan fingerprint density at radius 3 is 2.62 bits per heavy atom. The molecule has 7 heteroatoms. The summed E-state index contributed by atoms with van der Waals surface area (Å²) in [7, 11) is 0. The quantitative estimate of drug-likeness (QED) is 0.475. The molecule has 0 bridgehead atoms. The Kier molecular flexibility index (Phi) is 4.12. The second-order valence-corrected chi connectivity index (χ2v) is 2.98. The Bertz CT molecular complexity index is 399. The molecule has 0 aliphatic heterocycles. The number of hydrogen-bond acceptors (Lipinski definition) is 4. The first kappa shape index (κ1) is 12.3. The van der Waals surface area contributed by atoms with Gasteiger partial charge in [-0.3, -0.25) is 10.1 Å². The first-order valence-electron chi connectivity index (χ1n) is 4.52. The Morgan fingerprint density at radius 2 is 2.06 bits per heavy atom. The summed E-state index contributed by atoms with van der Waals surface area (Å²) < 4.78 is 31.1. The summed E-state index contributed by atoms with van der Waals surface area (Å²) in [5.74, 6) is -2.45. The standard InChI is InChI=1S/C9H10F2N2O3/c10-6-5-9(16-3-1-2-12)7(11)4-8(6)13(14)15/h4-5H,1-3,12H2. The van der Waals surface area contributed by atoms with E-state index in [0.29, 0.717) is 25.1 Å². The zero-order valence-corrected chi connectivity index (χ0v) is 8.28. The summed E-state index contributed by atoms with van der Waals surface area (Å²) in [5.41, 5.74) is 4.27. The summed E-state index contributed by atoms with van der Waals surface area (Å²) in [5, 5.41) is 10.3. The van der Waals surface area contributed by atoms with Crippen molar-refractivity contribution in [2.45, 2.75) is 6.42 Å². The fourth-order valence-corrected chi connectivity index (χ4v) is 1.03. The molecule has 0 amide bonds. The van der Waals surface area contributed by atoms with Crippen molar-refractivity contribution in [2.75, 3.05) is 13.2 Å². The number of hydrogen-bond donors (Lipinski definition) is 1. The Balaban J connectivity index is 2.88. The fourth-order valence-electron chi connectivity index (χ4n) is 1.03. The van der Waals surface area contributed by atoms with Gasteiger partial charge >= 0.3 is 5.69 Å². The van der Waals surface area contributed by atoms with E-state index in [1.807, 2.05) is 0 Å². The number of nitrogens with zero attached hydrogens (tertiary/aromatic N) is 1. The average Bonchev–Trinajstić information content (AvgIpc) is 2.22. The van der Waals surface area contributed by atoms with E-state index in [0.717, 1.165) is 0 Å². The fraction of sp³-hybridized carbons (Fsp3) is 0.333. The van der Waals surface area contributed by atoms with Gasteiger partial charge in [0.15, 0.2) is 11.6 Å². The van der Waals surface area contributed by atoms with Crippen molar-refractivity contribution in [3.63, 3.8) is 0 Å². The monoisotopic (exact) mass is 232 g/mol. The molecule has 0 spiro atoms. The number of halogens is 2. The van der Waals surface area contributed by atoms with Crippen LogP contribution < -0.4 is 10.5 Å². The molecule has 0 aliphatic rings. The summed E-state index contributed by atoms with van der Waals surface area (Å²) in [6, 6.07) is 1.15. The van der Waals surface area contributed by atoms with Gasteiger partial charge in [0.25, 0.3) is 0 Å². The van der Waals surface area contributed by atoms with E-state index >= 15 is 0 Å². The zero-order chi connectivity index (χ0) is 12.1. The zero-order valence-electron chi connectivity index (χ0n) is 8.28. The first-order chi connectivity index (χ1) is 7.56. The van der Waals surface area contributed by atoms with Crippen molar-refractivity contribution in [3.05, 3.63) is 33.9 Å². The minimum Gasteiger partial charge on any atom is -0.490 e. The van der Waals surface area contributed by atoms with Crippen LogP contribution in [0.3, 0.4) is 0 Å². The molecule has 0 unspecified atom stereocenters. The smallest absolute Gasteiger partial charge is 0.307 e. The van der Waals surface area contributed by atoms with Gasteiger partial charge in [-0.05, 0) is 13.0 Å². The molecule has 2 N–H and O–H groups in total. The first-order valence-corrected chi connectivity index (χ1v) is 4.52. The molecule has 0 saturated carbocycles. The second-order valence-electron chi connectivity index (χ2n) is 2.98. The summed E-state index contributed by atoms with van der Waals surface area (Å²) >= 11 is 0. The van der Waals surface area contributed by atoms with Crippen LogP contribution in [0, 0.1) is 21.7 Å². The lowest BCUT2D eigenvalue weighted by Crippen LogP contribution is -2.07. The van der Waals surface area contributed by atoms with Crippen LogP contribution >= 0.6 is 0 Å². The van der Waals surface area contributed by atoms with Crippen LogP contribution in [0.4, 0.5) is 14.5 Å². The maximum atomic E-state index is 13.2. The molecule has 0 aromatic heterocycles. The van der Waals surface area contributed by atoms with Gasteiger partial charge in [-0.25, -0.2) is 4.39 Å². The van der Waals surface area contributed by atoms with E-state index in [1.165, 1.54) is 0 Å². The van der Waals surface area contributed by atoms with Gasteiger partial charge in [-0.15, -0.1) is 0 Å². The highest BCUT2D eigenvalue weighted by Crippen LogP contribution is 2.26. The number of rotatable bonds is 5. The van der Waals surface area contributed by atoms with Crippen LogP contribution in [0.5, 0.6) is 5.75 Å². The third kappa shape index (κ3) is 2.86. The van der Waals surface area contributed by atoms with E-state index < -0.39 is 22.2 Å². The molecule has 1 aromatic rings. The van der Waals surface area contributed by atoms with Gasteiger partial charge in [0, 0.05) is 6.07 Å². The van der Waals surface area contributed by atoms with E-state index in [1.54, 1.807) is 0 Å². The second kappa shape index (κ2) is 5.36. The lowest BCUT2D eigenvalue weighted by Gasteiger charge is -2.06. The van der Waals surface area contributed by atoms with Crippen LogP contribution in [-0.2, 0) is 0 Å². The van der Waals surface area contributed by atoms with E-state index in [4.69, 9.17) is 10.5 Å². The third-order valence-electron chi connectivity index (χ3n) is 1.80. The molecular weight excluding hydrogens is 222 g/mol. The van der Waals surface area contributed by atoms with Crippen LogP contribution in [0.1, 0.15) is 6.42 Å². The molecule has 1 rings (SSSR count). The summed E-state index contributed by atoms with van der Waals surface area (Å²) in [4.78, 5) is 9.29. The van der Waals surface area contributed by atoms with Crippen LogP contribution in [0.2, 0.25) is 0 Å². The highest BCUT2D eigenvalue weighted by atomic mass is 19.1. The lowest BCUT2D eigenvalue weighted by atomic mass is 10.3. The van der Waals surface area contributed by atoms with Crippen molar-refractivity contribution >= 4 is 5.69 Å². The minimum absolute atomic E-state index is 0.130. The van der Waals surface area contributed by atoms with E-state index in [9.17, 15) is 18.9 Å². The molecule has 0 saturated heterocycles. The predicted octanol–water partition coefficient (Wildman–Crippen LogP) is 1.60. The number of ether oxygens (including phenoxy) is 1. The predicted molar refractivity (Wildman–Crippen MR) is 52.2 cm³/mol. The van der Waals surface area contributed by atoms with Crippen molar-refractivity contribution in [3.8, 4) is 5.75 Å². The molecule has 88 valence electrons. The van der Waals surface area contributed by atoms with Gasteiger partial charge in [0.05, 0.1) is 17.6 Å². The molecular formula is C9H10F2N2O3. The molecule has 16 heavy (non-hydrogen) atoms. The van der Waals surface area contributed by atoms with Crippen molar-refractivity contribution in [2.24, 2.45) is 5.73 Å². The van der Waals surface area contributed by atoms with E-state index in [-0.39, 0.29) is 12.4 Å². The van der Waals surface area contributed by atoms with Gasteiger partial charge in [0.2, 0.25) is 5.82 Å². The van der Waals surface area contributed by atoms with Crippen molar-refractivity contribution < 1.29 is 18.4 Å². The summed E-state index contributed by atoms with van der Waals surface area (Å²) in [6.07, 6.45) is 0.484. The van der Waals surface area contributed by atoms with Crippen LogP contribution in [0.15, 0.2) is 12.1 Å². The Hall–Kier alpha value is -1.76. The molecule has 0 atom stereocenters. The maximum Gasteiger partial charge on any atom is 0.307 e. The number of nitro groups is 1. The van der Waals surface area contributed by atoms with Gasteiger partial charge in [-0.2, -0.15) is 4.39 Å². The van der Waals surface area contributed by atoms with Crippen LogP contribution in [0.25, 0.3) is 0 Å². The summed E-state index contributed by atoms with van der Waals surface area (Å²) in [6.45, 7) is 0.488. The van der Waals surface area contributed by atoms with Gasteiger partial charge in [0.1, 0.15) is 0 Å². The molecule has 0 radical (unpaired) electrons. The topological polar surface area (TPSA) is 78.4 Å². The van der Waals surface area contributed by atoms with Crippen LogP contribution in [-0.4, -0.2) is 18.1 Å². The van der Waals surface area contributed by atoms with Crippen molar-refractivity contribution in [1.82, 2.24) is 0 Å². The number of nitrogens with two attached hydrogens (primary N) is 1. The van der Waals surface area contributed by atoms with Crippen molar-refractivity contribution in [1.29, 1.82) is 0 Å². The molecule has 1 aromatic carbocycles. The Morgan fingerprint density at radius 1 is 1.38 bits per heavy atom. The minimum atomic E-state index is -1.13. The molecule has 5 nitrogen and oxygen atoms in total. The number of nitro benzene ring substituents is 1. The normalized spacial score (nSPS) is 10.2. The molecule has 0 aliphatic carbocycles. The third-order valence-corrected chi connectivity index (χ3v) is 1.80. The lowest BCUT2D eigenvalue weighted by molar-refractivity contribution is -0.387.